The molecule has 0 spiro atoms. The summed E-state index contributed by atoms with van der Waals surface area (Å²) in [4.78, 5) is 11.7. The zero-order valence-electron chi connectivity index (χ0n) is 8.40. The Bertz CT molecular complexity index is 508. The summed E-state index contributed by atoms with van der Waals surface area (Å²) in [7, 11) is 0. The summed E-state index contributed by atoms with van der Waals surface area (Å²) in [6.45, 7) is 1.74. The number of aliphatic hydroxyl groups is 1. The van der Waals surface area contributed by atoms with E-state index in [1.165, 1.54) is 10.9 Å². The Morgan fingerprint density at radius 2 is 2.00 bits per heavy atom. The molecule has 4 heteroatoms. The van der Waals surface area contributed by atoms with Gasteiger partial charge in [-0.1, -0.05) is 17.7 Å². The lowest BCUT2D eigenvalue weighted by atomic mass is 10.2. The van der Waals surface area contributed by atoms with Gasteiger partial charge in [-0.25, -0.2) is 4.68 Å². The third kappa shape index (κ3) is 1.71. The molecule has 0 radical (unpaired) electrons. The van der Waals surface area contributed by atoms with Crippen molar-refractivity contribution in [1.29, 1.82) is 0 Å². The van der Waals surface area contributed by atoms with Crippen LogP contribution in [-0.2, 0) is 6.61 Å². The van der Waals surface area contributed by atoms with Crippen LogP contribution in [0.3, 0.4) is 0 Å². The fraction of sp³-hybridized carbons (Fsp3) is 0.182. The highest BCUT2D eigenvalue weighted by Crippen LogP contribution is 2.06. The number of nitrogens with zero attached hydrogens (tertiary/aromatic N) is 1. The molecule has 78 valence electrons. The van der Waals surface area contributed by atoms with Crippen LogP contribution in [-0.4, -0.2) is 14.9 Å². The number of aromatic nitrogens is 2. The molecular weight excluding hydrogens is 192 g/mol. The Kier molecular flexibility index (Phi) is 2.43. The average molecular weight is 204 g/mol. The van der Waals surface area contributed by atoms with E-state index in [1.54, 1.807) is 0 Å². The van der Waals surface area contributed by atoms with Crippen molar-refractivity contribution in [2.75, 3.05) is 0 Å². The molecule has 1 aromatic heterocycles. The van der Waals surface area contributed by atoms with Crippen LogP contribution in [0, 0.1) is 6.92 Å². The van der Waals surface area contributed by atoms with Crippen LogP contribution in [0.1, 0.15) is 11.1 Å². The zero-order valence-corrected chi connectivity index (χ0v) is 8.40. The van der Waals surface area contributed by atoms with Gasteiger partial charge in [0.15, 0.2) is 0 Å². The van der Waals surface area contributed by atoms with Crippen LogP contribution in [0.25, 0.3) is 5.69 Å². The van der Waals surface area contributed by atoms with Crippen LogP contribution in [0.2, 0.25) is 0 Å². The molecule has 0 bridgehead atoms. The smallest absolute Gasteiger partial charge is 0.276 e. The molecule has 0 saturated heterocycles. The van der Waals surface area contributed by atoms with E-state index in [2.05, 4.69) is 5.10 Å². The number of aryl methyl sites for hydroxylation is 1. The lowest BCUT2D eigenvalue weighted by Crippen LogP contribution is -2.17. The highest BCUT2D eigenvalue weighted by atomic mass is 16.3. The van der Waals surface area contributed by atoms with E-state index in [0.717, 1.165) is 11.3 Å². The molecule has 1 aromatic carbocycles. The summed E-state index contributed by atoms with van der Waals surface area (Å²) in [5.41, 5.74) is 2.07. The molecule has 0 aliphatic rings. The second-order valence-corrected chi connectivity index (χ2v) is 3.43. The fourth-order valence-electron chi connectivity index (χ4n) is 1.41. The largest absolute Gasteiger partial charge is 0.391 e. The predicted octanol–water partition coefficient (Wildman–Crippen LogP) is 0.966. The van der Waals surface area contributed by atoms with Gasteiger partial charge in [0.25, 0.3) is 5.56 Å². The maximum atomic E-state index is 11.7. The zero-order chi connectivity index (χ0) is 10.8. The Labute approximate surface area is 86.8 Å². The number of aromatic amines is 1. The van der Waals surface area contributed by atoms with Gasteiger partial charge in [0.2, 0.25) is 0 Å². The Balaban J connectivity index is 2.50. The minimum absolute atomic E-state index is 0.207. The average Bonchev–Trinajstić information content (AvgIpc) is 2.61. The van der Waals surface area contributed by atoms with Gasteiger partial charge in [-0.3, -0.25) is 9.89 Å². The monoisotopic (exact) mass is 204 g/mol. The third-order valence-corrected chi connectivity index (χ3v) is 2.31. The van der Waals surface area contributed by atoms with Crippen LogP contribution < -0.4 is 5.56 Å². The lowest BCUT2D eigenvalue weighted by Gasteiger charge is -2.01. The van der Waals surface area contributed by atoms with E-state index in [-0.39, 0.29) is 12.2 Å². The van der Waals surface area contributed by atoms with E-state index >= 15 is 0 Å². The molecule has 0 aliphatic carbocycles. The van der Waals surface area contributed by atoms with Crippen molar-refractivity contribution in [2.45, 2.75) is 13.5 Å². The summed E-state index contributed by atoms with van der Waals surface area (Å²) in [5.74, 6) is 0. The number of hydrogen-bond donors (Lipinski definition) is 2. The molecule has 2 rings (SSSR count). The molecule has 0 saturated carbocycles. The van der Waals surface area contributed by atoms with E-state index in [0.29, 0.717) is 5.56 Å². The van der Waals surface area contributed by atoms with Gasteiger partial charge in [-0.15, -0.1) is 0 Å². The second-order valence-electron chi connectivity index (χ2n) is 3.43. The molecule has 0 amide bonds. The standard InChI is InChI=1S/C11H12N2O2/c1-8-2-4-10(5-3-8)13-11(15)9(7-14)6-12-13/h2-6,12,14H,7H2,1H3. The number of nitrogens with one attached hydrogen (secondary N) is 1. The summed E-state index contributed by atoms with van der Waals surface area (Å²) in [5, 5.41) is 11.7. The first-order valence-electron chi connectivity index (χ1n) is 4.69. The van der Waals surface area contributed by atoms with Crippen molar-refractivity contribution < 1.29 is 5.11 Å². The SMILES string of the molecule is Cc1ccc(-n2[nH]cc(CO)c2=O)cc1. The van der Waals surface area contributed by atoms with Crippen molar-refractivity contribution in [2.24, 2.45) is 0 Å². The molecular formula is C11H12N2O2. The minimum Gasteiger partial charge on any atom is -0.391 e. The molecule has 4 nitrogen and oxygen atoms in total. The van der Waals surface area contributed by atoms with Gasteiger partial charge < -0.3 is 5.11 Å². The van der Waals surface area contributed by atoms with Crippen LogP contribution >= 0.6 is 0 Å². The number of aliphatic hydroxyl groups excluding tert-OH is 1. The Morgan fingerprint density at radius 1 is 1.33 bits per heavy atom. The number of hydrogen-bond acceptors (Lipinski definition) is 2. The van der Waals surface area contributed by atoms with Gasteiger partial charge in [0, 0.05) is 6.20 Å². The van der Waals surface area contributed by atoms with Gasteiger partial charge >= 0.3 is 0 Å². The summed E-state index contributed by atoms with van der Waals surface area (Å²) in [6.07, 6.45) is 1.52. The van der Waals surface area contributed by atoms with Crippen LogP contribution in [0.5, 0.6) is 0 Å². The molecule has 2 aromatic rings. The fourth-order valence-corrected chi connectivity index (χ4v) is 1.41. The number of rotatable bonds is 2. The highest BCUT2D eigenvalue weighted by molar-refractivity contribution is 5.33. The lowest BCUT2D eigenvalue weighted by molar-refractivity contribution is 0.280. The van der Waals surface area contributed by atoms with Crippen LogP contribution in [0.15, 0.2) is 35.3 Å². The second kappa shape index (κ2) is 3.74. The Morgan fingerprint density at radius 3 is 2.53 bits per heavy atom. The molecule has 2 N–H and O–H groups in total. The first kappa shape index (κ1) is 9.73. The van der Waals surface area contributed by atoms with E-state index in [9.17, 15) is 4.79 Å². The predicted molar refractivity (Wildman–Crippen MR) is 57.0 cm³/mol. The first-order chi connectivity index (χ1) is 7.22. The van der Waals surface area contributed by atoms with Gasteiger partial charge in [-0.05, 0) is 19.1 Å². The van der Waals surface area contributed by atoms with Gasteiger partial charge in [0.1, 0.15) is 0 Å². The quantitative estimate of drug-likeness (QED) is 0.765. The first-order valence-corrected chi connectivity index (χ1v) is 4.69. The van der Waals surface area contributed by atoms with E-state index in [4.69, 9.17) is 5.11 Å². The van der Waals surface area contributed by atoms with E-state index < -0.39 is 0 Å². The van der Waals surface area contributed by atoms with Crippen LogP contribution in [0.4, 0.5) is 0 Å². The number of benzene rings is 1. The van der Waals surface area contributed by atoms with Gasteiger partial charge in [0.05, 0.1) is 17.9 Å². The van der Waals surface area contributed by atoms with Crippen molar-refractivity contribution >= 4 is 0 Å². The normalized spacial score (nSPS) is 10.5. The molecule has 0 atom stereocenters. The maximum absolute atomic E-state index is 11.7. The Hall–Kier alpha value is -1.81. The van der Waals surface area contributed by atoms with Crippen molar-refractivity contribution in [3.63, 3.8) is 0 Å². The molecule has 0 fully saturated rings. The van der Waals surface area contributed by atoms with Gasteiger partial charge in [-0.2, -0.15) is 0 Å². The van der Waals surface area contributed by atoms with Crippen molar-refractivity contribution in [1.82, 2.24) is 9.78 Å². The van der Waals surface area contributed by atoms with Crippen molar-refractivity contribution in [3.05, 3.63) is 51.9 Å². The molecule has 0 aliphatic heterocycles. The number of H-pyrrole nitrogens is 1. The summed E-state index contributed by atoms with van der Waals surface area (Å²) < 4.78 is 1.41. The summed E-state index contributed by atoms with van der Waals surface area (Å²) in [6, 6.07) is 7.57. The summed E-state index contributed by atoms with van der Waals surface area (Å²) >= 11 is 0. The maximum Gasteiger partial charge on any atom is 0.276 e. The highest BCUT2D eigenvalue weighted by Gasteiger charge is 2.05. The molecule has 0 unspecified atom stereocenters. The third-order valence-electron chi connectivity index (χ3n) is 2.31. The minimum atomic E-state index is -0.242. The van der Waals surface area contributed by atoms with E-state index in [1.807, 2.05) is 31.2 Å². The molecule has 1 heterocycles. The molecule has 15 heavy (non-hydrogen) atoms. The topological polar surface area (TPSA) is 58.0 Å². The van der Waals surface area contributed by atoms with Crippen molar-refractivity contribution in [3.8, 4) is 5.69 Å².